The molecule has 0 aliphatic carbocycles. The van der Waals surface area contributed by atoms with Crippen molar-refractivity contribution >= 4 is 905 Å². The number of aliphatic hydroxyl groups excluding tert-OH is 1. The second kappa shape index (κ2) is 130. The average Bonchev–Trinajstić information content (AvgIpc) is 1.64. The lowest BCUT2D eigenvalue weighted by molar-refractivity contribution is 0.218. The van der Waals surface area contributed by atoms with Crippen LogP contribution in [-0.4, -0.2) is 34.8 Å². The highest BCUT2D eigenvalue weighted by Gasteiger charge is 2.26. The molecule has 146 heavy (non-hydrogen) atoms. The van der Waals surface area contributed by atoms with Crippen LogP contribution in [0.3, 0.4) is 0 Å². The van der Waals surface area contributed by atoms with Gasteiger partial charge in [-0.1, -0.05) is 38.8 Å². The van der Waals surface area contributed by atoms with Gasteiger partial charge in [-0.15, -0.1) is 0 Å². The van der Waals surface area contributed by atoms with Crippen LogP contribution in [0.2, 0.25) is 0 Å². The van der Waals surface area contributed by atoms with Crippen LogP contribution in [0.15, 0.2) is 105 Å². The zero-order valence-corrected chi connectivity index (χ0v) is 149. The van der Waals surface area contributed by atoms with Crippen LogP contribution in [0.4, 0.5) is 13.2 Å². The molecule has 110 heteroatoms. The van der Waals surface area contributed by atoms with E-state index in [2.05, 4.69) is 95.1 Å². The van der Waals surface area contributed by atoms with E-state index in [1.807, 2.05) is 530 Å². The van der Waals surface area contributed by atoms with Crippen LogP contribution in [0.1, 0.15) is 38.4 Å². The van der Waals surface area contributed by atoms with Gasteiger partial charge in [0.15, 0.2) is 18.3 Å². The normalized spacial score (nSPS) is 8.92. The van der Waals surface area contributed by atoms with Crippen LogP contribution in [0.25, 0.3) is 34.0 Å². The first-order valence-electron chi connectivity index (χ1n) is 30.4. The molecule has 0 amide bonds. The van der Waals surface area contributed by atoms with Crippen molar-refractivity contribution in [3.8, 4) is 34.0 Å². The summed E-state index contributed by atoms with van der Waals surface area (Å²) in [6.45, 7) is 3.92. The van der Waals surface area contributed by atoms with E-state index in [1.54, 1.807) is 276 Å². The molecule has 0 spiro atoms. The summed E-state index contributed by atoms with van der Waals surface area (Å²) in [7, 11) is 152. The molecule has 3 heterocycles. The van der Waals surface area contributed by atoms with Gasteiger partial charge in [0.2, 0.25) is 0 Å². The first kappa shape index (κ1) is 164. The highest BCUT2D eigenvalue weighted by atomic mass is 80.0. The third kappa shape index (κ3) is 117. The van der Waals surface area contributed by atoms with E-state index >= 15 is 0 Å². The maximum absolute atomic E-state index is 12.9. The van der Waals surface area contributed by atoms with E-state index in [9.17, 15) is 17.7 Å². The van der Waals surface area contributed by atoms with Gasteiger partial charge in [0.05, 0.1) is 37.4 Å². The maximum Gasteiger partial charge on any atom is 0.336 e. The Bertz CT molecular complexity index is 9550. The zero-order valence-electron chi connectivity index (χ0n) is 65.6. The Labute approximate surface area is 1150 Å². The minimum Gasteiger partial charge on any atom is -0.390 e. The van der Waals surface area contributed by atoms with Crippen molar-refractivity contribution in [1.82, 2.24) is 15.5 Å². The molecule has 0 aliphatic rings. The Balaban J connectivity index is 0.00000191. The van der Waals surface area contributed by atoms with Crippen LogP contribution in [-0.2, 0) is 849 Å². The third-order valence-corrected chi connectivity index (χ3v) is 200. The van der Waals surface area contributed by atoms with Gasteiger partial charge in [-0.2, -0.15) is 0 Å². The van der Waals surface area contributed by atoms with Gasteiger partial charge in [-0.3, -0.25) is 4.57 Å². The summed E-state index contributed by atoms with van der Waals surface area (Å²) in [6.07, 6.45) is 0.0410. The van der Waals surface area contributed by atoms with Crippen molar-refractivity contribution in [3.63, 3.8) is 0 Å². The Morgan fingerprint density at radius 1 is 0.274 bits per heavy atom. The molecule has 0 aliphatic heterocycles. The van der Waals surface area contributed by atoms with E-state index in [1.165, 1.54) is 71.9 Å². The fourth-order valence-corrected chi connectivity index (χ4v) is 235. The third-order valence-electron chi connectivity index (χ3n) is 8.73. The Kier molecular flexibility index (Phi) is 146. The van der Waals surface area contributed by atoms with E-state index in [0.29, 0.717) is 52.8 Å². The fourth-order valence-electron chi connectivity index (χ4n) is 5.06. The number of hydrogen-bond donors (Lipinski definition) is 1. The first-order chi connectivity index (χ1) is 71.0. The lowest BCUT2D eigenvalue weighted by Gasteiger charge is -2.15. The van der Waals surface area contributed by atoms with Crippen molar-refractivity contribution in [2.24, 2.45) is 0 Å². The fraction of sp³-hybridized carbons (Fsp3) is 0.250. The topological polar surface area (TPSA) is 134 Å². The quantitative estimate of drug-likeness (QED) is 0.0974. The van der Waals surface area contributed by atoms with E-state index in [-0.39, 0.29) is 38.7 Å². The van der Waals surface area contributed by atoms with Gasteiger partial charge >= 0.3 is 7.60 Å². The molecular weight excluding hydrogens is 3990 g/mol. The zero-order chi connectivity index (χ0) is 105. The smallest absolute Gasteiger partial charge is 0.336 e. The van der Waals surface area contributed by atoms with E-state index in [0.717, 1.165) is 16.8 Å². The van der Waals surface area contributed by atoms with Crippen molar-refractivity contribution in [1.29, 1.82) is 0 Å². The van der Waals surface area contributed by atoms with Crippen LogP contribution >= 0.6 is 87.2 Å². The minimum absolute atomic E-state index is 0. The summed E-state index contributed by atoms with van der Waals surface area (Å²) in [4.78, 5) is 0. The van der Waals surface area contributed by atoms with Gasteiger partial charge < -0.3 is 27.7 Å². The molecule has 844 valence electrons. The van der Waals surface area contributed by atoms with Crippen LogP contribution in [0, 0.1) is 17.5 Å². The number of alkyl halides is 5. The number of benzene rings is 3. The number of hydrogen-bond acceptors (Lipinski definition) is 14. The van der Waals surface area contributed by atoms with Crippen LogP contribution < -0.4 is 0 Å². The lowest BCUT2D eigenvalue weighted by atomic mass is 10.1. The second-order valence-electron chi connectivity index (χ2n) is 16.3. The van der Waals surface area contributed by atoms with Gasteiger partial charge in [0, 0.05) is 858 Å². The summed E-state index contributed by atoms with van der Waals surface area (Å²) in [5, 5.41) is 20.7. The number of halogens is 8. The molecule has 10 nitrogen and oxygen atoms in total. The summed E-state index contributed by atoms with van der Waals surface area (Å²) >= 11 is 35.0. The standard InChI is InChI=1S/C14H17FNO4P.C10H7BrFNO.C10H8FNO2.CBr4.CH4.S46.S45/c1-3-18-21(17,19-4-2)10-13-9-14(20-16-13)11-5-7-12(15)8-6-11;11-6-9-5-10(14-13-9)7-1-3-8(12)4-2-7;11-8-3-1-7(2-4-8)10-5-9(6-13)12-14-10;2-1(3,4)5;;1-3-5-7-9-11-13-15-17-19-21-23-25-27-29-31-33-35-37-39-41-43-45-46-44-42-40-38-36-34-32-30-28-26-24-22-20-18-16-14-12-10-8-6-4-2;1-3-5-7-9-11-13-15-17-19-21-23-25-27-29-31-33-35-37-39-41-43-45-44-42-40-38-36-34-32-30-28-26-24-22-20-18-16-14-12-10-8-6-4-2/h5-9H,3-4,10H2,1-2H3;1-5H,6H2;1-5,13H,6H2;;1H4;;. The molecule has 0 saturated carbocycles. The minimum atomic E-state index is -3.21. The van der Waals surface area contributed by atoms with Crippen LogP contribution in [0.5, 0.6) is 0 Å². The van der Waals surface area contributed by atoms with E-state index < -0.39 is 7.60 Å². The predicted molar refractivity (Wildman–Crippen MR) is 894 cm³/mol. The number of aliphatic hydroxyl groups is 1. The maximum atomic E-state index is 12.9. The molecule has 0 bridgehead atoms. The molecule has 3 aromatic heterocycles. The molecule has 0 atom stereocenters. The van der Waals surface area contributed by atoms with Crippen molar-refractivity contribution < 1.29 is 45.5 Å². The molecule has 3 aromatic carbocycles. The second-order valence-corrected chi connectivity index (χ2v) is 184. The molecule has 6 rings (SSSR count). The molecule has 0 radical (unpaired) electrons. The van der Waals surface area contributed by atoms with Crippen molar-refractivity contribution in [3.05, 3.63) is 126 Å². The lowest BCUT2D eigenvalue weighted by Crippen LogP contribution is -1.99. The molecule has 0 fully saturated rings. The first-order valence-corrected chi connectivity index (χ1v) is 155. The van der Waals surface area contributed by atoms with Gasteiger partial charge in [-0.25, -0.2) is 13.2 Å². The summed E-state index contributed by atoms with van der Waals surface area (Å²) in [5.74, 6) is 0.776. The number of rotatable bonds is 11. The molecule has 6 aromatic rings. The monoisotopic (exact) mass is 4010 g/mol. The Morgan fingerprint density at radius 2 is 0.411 bits per heavy atom. The van der Waals surface area contributed by atoms with Gasteiger partial charge in [0.1, 0.15) is 23.1 Å². The summed E-state index contributed by atoms with van der Waals surface area (Å²) < 4.78 is 75.9. The van der Waals surface area contributed by atoms with Gasteiger partial charge in [0.25, 0.3) is 0 Å². The SMILES string of the molecule is BrC(Br)(Br)Br.C.CCOP(=O)(Cc1cc(-c2ccc(F)cc2)on1)OCC.Fc1ccc(-c2cc(CBr)no2)cc1.OCc1cc(-c2ccc(F)cc2)on1.S=S=S=S=S=S=S=S=S=S=S=S=S=S=S=S=S=S=S=S=S=S=S=S=S=S=S=S=S=S=S=S=S=S=S=S=S=S=S=S=S=S=S=S=S.S=S=S=S=S=S=S=S=S=S=S=S=S=S=S=S=S=S=S=S=S=S=S=S=S=S=S=S=S=S=S=S=S=S=S=S=S=S=S=S=S=S=S=S=S=S. The Hall–Kier alpha value is 17.6. The van der Waals surface area contributed by atoms with Crippen molar-refractivity contribution in [2.45, 2.75) is 40.4 Å². The molecular formula is C36H36Br5F3N3O7PS91. The summed E-state index contributed by atoms with van der Waals surface area (Å²) in [6, 6.07) is 22.9. The largest absolute Gasteiger partial charge is 0.390 e. The van der Waals surface area contributed by atoms with E-state index in [4.69, 9.17) is 72.5 Å². The molecule has 0 saturated heterocycles. The predicted octanol–water partition coefficient (Wildman–Crippen LogP) is 13.2. The van der Waals surface area contributed by atoms with Gasteiger partial charge in [-0.05, 0) is 150 Å². The number of nitrogens with zero attached hydrogens (tertiary/aromatic N) is 3. The highest BCUT2D eigenvalue weighted by Crippen LogP contribution is 2.51. The van der Waals surface area contributed by atoms with Crippen molar-refractivity contribution in [2.75, 3.05) is 13.2 Å². The highest BCUT2D eigenvalue weighted by molar-refractivity contribution is 9.52. The summed E-state index contributed by atoms with van der Waals surface area (Å²) in [5.41, 5.74) is 4.01. The molecule has 1 N–H and O–H groups in total. The number of aromatic nitrogens is 3. The Morgan fingerprint density at radius 3 is 0.541 bits per heavy atom. The molecule has 0 unspecified atom stereocenters. The average molecular weight is 4030 g/mol.